The Morgan fingerprint density at radius 3 is 2.56 bits per heavy atom. The highest BCUT2D eigenvalue weighted by Gasteiger charge is 2.13. The van der Waals surface area contributed by atoms with E-state index in [2.05, 4.69) is 9.88 Å². The summed E-state index contributed by atoms with van der Waals surface area (Å²) in [6.45, 7) is 5.48. The minimum atomic E-state index is -0.520. The average Bonchev–Trinajstić information content (AvgIpc) is 3.18. The van der Waals surface area contributed by atoms with E-state index in [0.717, 1.165) is 38.8 Å². The van der Waals surface area contributed by atoms with Crippen LogP contribution in [0.25, 0.3) is 11.0 Å². The van der Waals surface area contributed by atoms with Crippen molar-refractivity contribution in [3.8, 4) is 5.75 Å². The number of amides is 1. The smallest absolute Gasteiger partial charge is 0.254 e. The number of nitrogens with zero attached hydrogens (tertiary/aromatic N) is 2. The number of hydrogen-bond acceptors (Lipinski definition) is 3. The number of rotatable bonds is 9. The summed E-state index contributed by atoms with van der Waals surface area (Å²) in [5, 5.41) is 3.55. The molecule has 0 bridgehead atoms. The van der Waals surface area contributed by atoms with Crippen LogP contribution in [0.1, 0.15) is 33.7 Å². The third-order valence-electron chi connectivity index (χ3n) is 5.71. The summed E-state index contributed by atoms with van der Waals surface area (Å²) < 4.78 is 22.0. The van der Waals surface area contributed by atoms with Gasteiger partial charge in [-0.15, -0.1) is 0 Å². The molecule has 5 nitrogen and oxygen atoms in total. The Morgan fingerprint density at radius 1 is 1.09 bits per heavy atom. The summed E-state index contributed by atoms with van der Waals surface area (Å²) in [7, 11) is 0. The number of halogens is 2. The number of hydrogen-bond donors (Lipinski definition) is 1. The Kier molecular flexibility index (Phi) is 7.48. The molecular weight excluding hydrogens is 453 g/mol. The van der Waals surface area contributed by atoms with Crippen LogP contribution in [-0.4, -0.2) is 28.6 Å². The fraction of sp³-hybridized carbons (Fsp3) is 0.259. The summed E-state index contributed by atoms with van der Waals surface area (Å²) in [5.41, 5.74) is 4.00. The number of imidazole rings is 1. The van der Waals surface area contributed by atoms with Crippen LogP contribution in [0.4, 0.5) is 4.39 Å². The predicted octanol–water partition coefficient (Wildman–Crippen LogP) is 5.89. The maximum Gasteiger partial charge on any atom is 0.254 e. The minimum Gasteiger partial charge on any atom is -0.492 e. The Morgan fingerprint density at radius 2 is 1.79 bits per heavy atom. The van der Waals surface area contributed by atoms with Gasteiger partial charge < -0.3 is 14.6 Å². The fourth-order valence-corrected chi connectivity index (χ4v) is 4.11. The quantitative estimate of drug-likeness (QED) is 0.305. The Balaban J connectivity index is 1.39. The fourth-order valence-electron chi connectivity index (χ4n) is 4.00. The van der Waals surface area contributed by atoms with Gasteiger partial charge in [-0.25, -0.2) is 9.37 Å². The van der Waals surface area contributed by atoms with Gasteiger partial charge in [0.25, 0.3) is 5.91 Å². The first-order chi connectivity index (χ1) is 16.4. The highest BCUT2D eigenvalue weighted by molar-refractivity contribution is 6.32. The topological polar surface area (TPSA) is 56.1 Å². The van der Waals surface area contributed by atoms with Crippen LogP contribution in [0.3, 0.4) is 0 Å². The molecule has 0 saturated carbocycles. The predicted molar refractivity (Wildman–Crippen MR) is 133 cm³/mol. The molecule has 0 fully saturated rings. The molecule has 0 saturated heterocycles. The maximum absolute atomic E-state index is 13.8. The van der Waals surface area contributed by atoms with Crippen LogP contribution in [0.15, 0.2) is 60.7 Å². The van der Waals surface area contributed by atoms with Crippen molar-refractivity contribution in [2.45, 2.75) is 33.2 Å². The third kappa shape index (κ3) is 5.39. The normalized spacial score (nSPS) is 11.1. The van der Waals surface area contributed by atoms with Crippen molar-refractivity contribution in [1.29, 1.82) is 0 Å². The molecule has 1 N–H and O–H groups in total. The van der Waals surface area contributed by atoms with Gasteiger partial charge >= 0.3 is 0 Å². The molecule has 0 aliphatic heterocycles. The van der Waals surface area contributed by atoms with Crippen molar-refractivity contribution < 1.29 is 13.9 Å². The van der Waals surface area contributed by atoms with Crippen molar-refractivity contribution in [1.82, 2.24) is 14.9 Å². The summed E-state index contributed by atoms with van der Waals surface area (Å²) >= 11 is 6.26. The molecule has 1 heterocycles. The number of carbonyl (C=O) groups is 1. The summed E-state index contributed by atoms with van der Waals surface area (Å²) in [6.07, 6.45) is 1.35. The second-order valence-corrected chi connectivity index (χ2v) is 8.61. The second kappa shape index (κ2) is 10.7. The highest BCUT2D eigenvalue weighted by Crippen LogP contribution is 2.26. The molecule has 4 aromatic rings. The second-order valence-electron chi connectivity index (χ2n) is 8.23. The third-order valence-corrected chi connectivity index (χ3v) is 6.30. The van der Waals surface area contributed by atoms with Gasteiger partial charge in [-0.3, -0.25) is 4.79 Å². The van der Waals surface area contributed by atoms with Gasteiger partial charge in [0.2, 0.25) is 0 Å². The molecule has 0 spiro atoms. The van der Waals surface area contributed by atoms with Crippen molar-refractivity contribution >= 4 is 28.5 Å². The van der Waals surface area contributed by atoms with Crippen LogP contribution in [0.5, 0.6) is 5.75 Å². The van der Waals surface area contributed by atoms with Crippen molar-refractivity contribution in [2.75, 3.05) is 13.2 Å². The van der Waals surface area contributed by atoms with Gasteiger partial charge in [0, 0.05) is 18.0 Å². The molecule has 34 heavy (non-hydrogen) atoms. The zero-order chi connectivity index (χ0) is 24.1. The Labute approximate surface area is 203 Å². The summed E-state index contributed by atoms with van der Waals surface area (Å²) in [5.74, 6) is 0.788. The van der Waals surface area contributed by atoms with Crippen LogP contribution >= 0.6 is 11.6 Å². The number of aromatic nitrogens is 2. The van der Waals surface area contributed by atoms with E-state index in [1.54, 1.807) is 12.1 Å². The number of aryl methyl sites for hydroxylation is 3. The van der Waals surface area contributed by atoms with Gasteiger partial charge in [-0.2, -0.15) is 0 Å². The van der Waals surface area contributed by atoms with Crippen molar-refractivity contribution in [3.05, 3.63) is 94.0 Å². The first kappa shape index (κ1) is 23.8. The Hall–Kier alpha value is -3.38. The van der Waals surface area contributed by atoms with E-state index in [9.17, 15) is 9.18 Å². The average molecular weight is 480 g/mol. The first-order valence-corrected chi connectivity index (χ1v) is 11.7. The van der Waals surface area contributed by atoms with Crippen LogP contribution in [-0.2, 0) is 13.0 Å². The van der Waals surface area contributed by atoms with Crippen LogP contribution in [0.2, 0.25) is 5.02 Å². The van der Waals surface area contributed by atoms with E-state index >= 15 is 0 Å². The van der Waals surface area contributed by atoms with E-state index in [4.69, 9.17) is 21.3 Å². The molecule has 0 unspecified atom stereocenters. The zero-order valence-electron chi connectivity index (χ0n) is 19.3. The standard InChI is InChI=1S/C27H27ClFN3O2/c1-18-16-20(17-19(2)26(18)28)34-15-14-32-24-11-6-5-10-23(24)31-25(32)12-7-13-30-27(33)21-8-3-4-9-22(21)29/h3-6,8-11,16-17H,7,12-15H2,1-2H3,(H,30,33). The van der Waals surface area contributed by atoms with Gasteiger partial charge in [0.05, 0.1) is 23.1 Å². The molecule has 3 aromatic carbocycles. The number of para-hydroxylation sites is 2. The largest absolute Gasteiger partial charge is 0.492 e. The monoisotopic (exact) mass is 479 g/mol. The van der Waals surface area contributed by atoms with Crippen molar-refractivity contribution in [2.24, 2.45) is 0 Å². The lowest BCUT2D eigenvalue weighted by molar-refractivity contribution is 0.0949. The van der Waals surface area contributed by atoms with Gasteiger partial charge in [0.15, 0.2) is 0 Å². The molecule has 0 atom stereocenters. The molecule has 0 radical (unpaired) electrons. The molecule has 0 aliphatic rings. The Bertz CT molecular complexity index is 1300. The van der Waals surface area contributed by atoms with Gasteiger partial charge in [0.1, 0.15) is 24.0 Å². The molecule has 4 rings (SSSR count). The lowest BCUT2D eigenvalue weighted by Crippen LogP contribution is -2.26. The molecule has 7 heteroatoms. The lowest BCUT2D eigenvalue weighted by atomic mass is 10.1. The molecule has 1 amide bonds. The SMILES string of the molecule is Cc1cc(OCCn2c(CCCNC(=O)c3ccccc3F)nc3ccccc32)cc(C)c1Cl. The first-order valence-electron chi connectivity index (χ1n) is 11.3. The lowest BCUT2D eigenvalue weighted by Gasteiger charge is -2.13. The molecule has 0 aliphatic carbocycles. The number of ether oxygens (including phenoxy) is 1. The number of nitrogens with one attached hydrogen (secondary N) is 1. The van der Waals surface area contributed by atoms with E-state index in [0.29, 0.717) is 32.5 Å². The minimum absolute atomic E-state index is 0.0551. The summed E-state index contributed by atoms with van der Waals surface area (Å²) in [6, 6.07) is 17.9. The highest BCUT2D eigenvalue weighted by atomic mass is 35.5. The van der Waals surface area contributed by atoms with E-state index in [1.165, 1.54) is 12.1 Å². The zero-order valence-corrected chi connectivity index (χ0v) is 20.0. The van der Waals surface area contributed by atoms with Crippen molar-refractivity contribution in [3.63, 3.8) is 0 Å². The molecule has 1 aromatic heterocycles. The molecular formula is C27H27ClFN3O2. The number of carbonyl (C=O) groups excluding carboxylic acids is 1. The maximum atomic E-state index is 13.8. The van der Waals surface area contributed by atoms with Gasteiger partial charge in [-0.05, 0) is 67.8 Å². The number of benzene rings is 3. The van der Waals surface area contributed by atoms with E-state index in [-0.39, 0.29) is 5.56 Å². The van der Waals surface area contributed by atoms with E-state index in [1.807, 2.05) is 50.2 Å². The molecule has 176 valence electrons. The van der Waals surface area contributed by atoms with Gasteiger partial charge in [-0.1, -0.05) is 35.9 Å². The van der Waals surface area contributed by atoms with Crippen LogP contribution < -0.4 is 10.1 Å². The van der Waals surface area contributed by atoms with E-state index < -0.39 is 11.7 Å². The summed E-state index contributed by atoms with van der Waals surface area (Å²) in [4.78, 5) is 17.0. The number of fused-ring (bicyclic) bond motifs is 1. The van der Waals surface area contributed by atoms with Crippen LogP contribution in [0, 0.1) is 19.7 Å².